The van der Waals surface area contributed by atoms with Gasteiger partial charge in [0.2, 0.25) is 5.95 Å². The molecule has 0 atom stereocenters. The highest BCUT2D eigenvalue weighted by atomic mass is 32.1. The molecule has 1 saturated heterocycles. The molecule has 2 aromatic heterocycles. The third-order valence-electron chi connectivity index (χ3n) is 3.20. The first-order valence-electron chi connectivity index (χ1n) is 6.66. The molecule has 20 heavy (non-hydrogen) atoms. The number of morpholine rings is 1. The lowest BCUT2D eigenvalue weighted by Crippen LogP contribution is -2.40. The number of nitrogens with one attached hydrogen (secondary N) is 2. The first-order chi connectivity index (χ1) is 9.80. The maximum atomic E-state index is 5.45. The topological polar surface area (TPSA) is 88.3 Å². The van der Waals surface area contributed by atoms with Crippen molar-refractivity contribution in [3.63, 3.8) is 0 Å². The van der Waals surface area contributed by atoms with Crippen LogP contribution < -0.4 is 16.7 Å². The van der Waals surface area contributed by atoms with Crippen LogP contribution >= 0.6 is 11.3 Å². The van der Waals surface area contributed by atoms with Gasteiger partial charge in [0.25, 0.3) is 0 Å². The Kier molecular flexibility index (Phi) is 3.97. The Balaban J connectivity index is 1.95. The van der Waals surface area contributed by atoms with Crippen LogP contribution in [0.15, 0.2) is 6.07 Å². The maximum Gasteiger partial charge on any atom is 0.240 e. The summed E-state index contributed by atoms with van der Waals surface area (Å²) in [5.41, 5.74) is 5.87. The van der Waals surface area contributed by atoms with E-state index in [1.807, 2.05) is 0 Å². The SMILES string of the molecule is CCc1cc2c(NN3CCOCC3)nc(NN)nc2s1. The smallest absolute Gasteiger partial charge is 0.240 e. The van der Waals surface area contributed by atoms with E-state index in [0.29, 0.717) is 5.95 Å². The zero-order valence-corrected chi connectivity index (χ0v) is 12.2. The van der Waals surface area contributed by atoms with Crippen LogP contribution in [0.25, 0.3) is 10.2 Å². The lowest BCUT2D eigenvalue weighted by molar-refractivity contribution is 0.0495. The summed E-state index contributed by atoms with van der Waals surface area (Å²) in [6.45, 7) is 5.26. The van der Waals surface area contributed by atoms with Crippen LogP contribution in [0, 0.1) is 0 Å². The molecule has 3 rings (SSSR count). The number of anilines is 2. The number of aromatic nitrogens is 2. The summed E-state index contributed by atoms with van der Waals surface area (Å²) in [6.07, 6.45) is 0.989. The highest BCUT2D eigenvalue weighted by Gasteiger charge is 2.15. The third-order valence-corrected chi connectivity index (χ3v) is 4.37. The number of hydrogen-bond acceptors (Lipinski definition) is 8. The summed E-state index contributed by atoms with van der Waals surface area (Å²) in [5, 5.41) is 3.15. The van der Waals surface area contributed by atoms with E-state index in [0.717, 1.165) is 48.8 Å². The van der Waals surface area contributed by atoms with Crippen molar-refractivity contribution in [2.75, 3.05) is 37.2 Å². The Bertz CT molecular complexity index is 595. The minimum Gasteiger partial charge on any atom is -0.379 e. The van der Waals surface area contributed by atoms with Crippen LogP contribution in [0.1, 0.15) is 11.8 Å². The van der Waals surface area contributed by atoms with E-state index in [1.165, 1.54) is 4.88 Å². The molecule has 3 heterocycles. The van der Waals surface area contributed by atoms with E-state index < -0.39 is 0 Å². The molecule has 0 saturated carbocycles. The van der Waals surface area contributed by atoms with Crippen LogP contribution in [0.5, 0.6) is 0 Å². The zero-order valence-electron chi connectivity index (χ0n) is 11.3. The molecule has 8 heteroatoms. The van der Waals surface area contributed by atoms with Crippen LogP contribution in [0.4, 0.5) is 11.8 Å². The molecule has 0 radical (unpaired) electrons. The Morgan fingerprint density at radius 3 is 2.90 bits per heavy atom. The minimum atomic E-state index is 0.428. The normalized spacial score (nSPS) is 16.5. The van der Waals surface area contributed by atoms with Gasteiger partial charge in [-0.1, -0.05) is 6.92 Å². The first kappa shape index (κ1) is 13.5. The zero-order chi connectivity index (χ0) is 13.9. The fraction of sp³-hybridized carbons (Fsp3) is 0.500. The van der Waals surface area contributed by atoms with E-state index >= 15 is 0 Å². The highest BCUT2D eigenvalue weighted by molar-refractivity contribution is 7.18. The summed E-state index contributed by atoms with van der Waals surface area (Å²) < 4.78 is 5.35. The molecule has 0 bridgehead atoms. The fourth-order valence-electron chi connectivity index (χ4n) is 2.12. The predicted molar refractivity (Wildman–Crippen MR) is 80.6 cm³/mol. The summed E-state index contributed by atoms with van der Waals surface area (Å²) >= 11 is 1.67. The van der Waals surface area contributed by atoms with Crippen molar-refractivity contribution < 1.29 is 4.74 Å². The van der Waals surface area contributed by atoms with Gasteiger partial charge in [0, 0.05) is 18.0 Å². The number of nitrogens with two attached hydrogens (primary N) is 1. The molecular formula is C12H18N6OS. The van der Waals surface area contributed by atoms with Crippen molar-refractivity contribution in [2.24, 2.45) is 5.84 Å². The van der Waals surface area contributed by atoms with Gasteiger partial charge < -0.3 is 10.2 Å². The average Bonchev–Trinajstić information content (AvgIpc) is 2.91. The Morgan fingerprint density at radius 2 is 2.20 bits per heavy atom. The Morgan fingerprint density at radius 1 is 1.40 bits per heavy atom. The largest absolute Gasteiger partial charge is 0.379 e. The minimum absolute atomic E-state index is 0.428. The van der Waals surface area contributed by atoms with Crippen LogP contribution in [0.2, 0.25) is 0 Å². The highest BCUT2D eigenvalue weighted by Crippen LogP contribution is 2.30. The third kappa shape index (κ3) is 2.68. The van der Waals surface area contributed by atoms with E-state index in [2.05, 4.69) is 38.8 Å². The summed E-state index contributed by atoms with van der Waals surface area (Å²) in [5.74, 6) is 6.67. The maximum absolute atomic E-state index is 5.45. The number of nitrogen functional groups attached to an aromatic ring is 1. The summed E-state index contributed by atoms with van der Waals surface area (Å²) in [4.78, 5) is 11.1. The van der Waals surface area contributed by atoms with E-state index in [4.69, 9.17) is 10.6 Å². The molecular weight excluding hydrogens is 276 g/mol. The number of aryl methyl sites for hydroxylation is 1. The Labute approximate surface area is 121 Å². The van der Waals surface area contributed by atoms with Crippen LogP contribution in [-0.4, -0.2) is 41.3 Å². The lowest BCUT2D eigenvalue weighted by Gasteiger charge is -2.27. The van der Waals surface area contributed by atoms with Crippen molar-refractivity contribution in [2.45, 2.75) is 13.3 Å². The van der Waals surface area contributed by atoms with Gasteiger partial charge in [-0.15, -0.1) is 11.3 Å². The molecule has 0 spiro atoms. The van der Waals surface area contributed by atoms with Crippen molar-refractivity contribution >= 4 is 33.3 Å². The van der Waals surface area contributed by atoms with Gasteiger partial charge in [-0.05, 0) is 12.5 Å². The molecule has 0 unspecified atom stereocenters. The van der Waals surface area contributed by atoms with Gasteiger partial charge in [-0.25, -0.2) is 15.8 Å². The average molecular weight is 294 g/mol. The molecule has 0 amide bonds. The van der Waals surface area contributed by atoms with Crippen molar-refractivity contribution in [1.82, 2.24) is 15.0 Å². The second kappa shape index (κ2) is 5.88. The lowest BCUT2D eigenvalue weighted by atomic mass is 10.3. The molecule has 7 nitrogen and oxygen atoms in total. The molecule has 0 aromatic carbocycles. The van der Waals surface area contributed by atoms with E-state index in [9.17, 15) is 0 Å². The fourth-order valence-corrected chi connectivity index (χ4v) is 3.09. The molecule has 2 aromatic rings. The number of fused-ring (bicyclic) bond motifs is 1. The Hall–Kier alpha value is -1.48. The van der Waals surface area contributed by atoms with Gasteiger partial charge in [-0.2, -0.15) is 4.98 Å². The first-order valence-corrected chi connectivity index (χ1v) is 7.48. The van der Waals surface area contributed by atoms with Crippen molar-refractivity contribution in [3.05, 3.63) is 10.9 Å². The monoisotopic (exact) mass is 294 g/mol. The van der Waals surface area contributed by atoms with Crippen molar-refractivity contribution in [3.8, 4) is 0 Å². The summed E-state index contributed by atoms with van der Waals surface area (Å²) in [7, 11) is 0. The van der Waals surface area contributed by atoms with Gasteiger partial charge >= 0.3 is 0 Å². The van der Waals surface area contributed by atoms with Crippen LogP contribution in [0.3, 0.4) is 0 Å². The molecule has 1 fully saturated rings. The van der Waals surface area contributed by atoms with E-state index in [-0.39, 0.29) is 0 Å². The van der Waals surface area contributed by atoms with Gasteiger partial charge in [0.05, 0.1) is 18.6 Å². The molecule has 1 aliphatic rings. The summed E-state index contributed by atoms with van der Waals surface area (Å²) in [6, 6.07) is 2.14. The van der Waals surface area contributed by atoms with E-state index in [1.54, 1.807) is 11.3 Å². The molecule has 0 aliphatic carbocycles. The van der Waals surface area contributed by atoms with Crippen LogP contribution in [-0.2, 0) is 11.2 Å². The number of hydrazine groups is 2. The van der Waals surface area contributed by atoms with Crippen molar-refractivity contribution in [1.29, 1.82) is 0 Å². The molecule has 1 aliphatic heterocycles. The van der Waals surface area contributed by atoms with Gasteiger partial charge in [-0.3, -0.25) is 5.43 Å². The quantitative estimate of drug-likeness (QED) is 0.577. The molecule has 4 N–H and O–H groups in total. The second-order valence-corrected chi connectivity index (χ2v) is 5.65. The second-order valence-electron chi connectivity index (χ2n) is 4.54. The number of ether oxygens (including phenoxy) is 1. The number of hydrogen-bond donors (Lipinski definition) is 3. The number of thiophene rings is 1. The predicted octanol–water partition coefficient (Wildman–Crippen LogP) is 1.20. The van der Waals surface area contributed by atoms with Gasteiger partial charge in [0.1, 0.15) is 4.83 Å². The van der Waals surface area contributed by atoms with Gasteiger partial charge in [0.15, 0.2) is 5.82 Å². The number of nitrogens with zero attached hydrogens (tertiary/aromatic N) is 3. The number of rotatable bonds is 4. The molecule has 108 valence electrons. The standard InChI is InChI=1S/C12H18N6OS/c1-2-8-7-9-10(17-18-3-5-19-6-4-18)14-12(16-13)15-11(9)20-8/h7H,2-6,13H2,1H3,(H2,14,15,16,17).